The van der Waals surface area contributed by atoms with Crippen molar-refractivity contribution < 1.29 is 4.74 Å². The standard InChI is InChI=1S/C25H16BNO/c1-15-12-13-18-23(14-15)28-22-11-5-10-21-24(22)26(18)19-8-4-7-17-16-6-2-3-9-20(16)27(21)25(17)19/h2-14H,1H3. The largest absolute Gasteiger partial charge is 0.458 e. The predicted octanol–water partition coefficient (Wildman–Crippen LogP) is 4.03. The van der Waals surface area contributed by atoms with Crippen molar-refractivity contribution in [1.82, 2.24) is 4.57 Å². The van der Waals surface area contributed by atoms with Gasteiger partial charge in [0.25, 0.3) is 6.71 Å². The van der Waals surface area contributed by atoms with Crippen molar-refractivity contribution in [3.05, 3.63) is 84.4 Å². The number of fused-ring (bicyclic) bond motifs is 7. The highest BCUT2D eigenvalue weighted by atomic mass is 16.5. The van der Waals surface area contributed by atoms with Crippen molar-refractivity contribution in [2.75, 3.05) is 0 Å². The third-order valence-corrected chi connectivity index (χ3v) is 6.31. The molecule has 1 aromatic heterocycles. The first-order valence-corrected chi connectivity index (χ1v) is 9.75. The number of benzene rings is 4. The minimum atomic E-state index is 0.205. The third-order valence-electron chi connectivity index (χ3n) is 6.31. The fourth-order valence-electron chi connectivity index (χ4n) is 5.20. The molecular formula is C25H16BNO. The normalized spacial score (nSPS) is 13.4. The first-order valence-electron chi connectivity index (χ1n) is 9.75. The van der Waals surface area contributed by atoms with Crippen LogP contribution >= 0.6 is 0 Å². The van der Waals surface area contributed by atoms with E-state index in [1.807, 2.05) is 0 Å². The Kier molecular flexibility index (Phi) is 2.54. The van der Waals surface area contributed by atoms with Crippen molar-refractivity contribution in [3.63, 3.8) is 0 Å². The Balaban J connectivity index is 1.73. The van der Waals surface area contributed by atoms with E-state index in [2.05, 4.69) is 90.4 Å². The second kappa shape index (κ2) is 4.88. The molecule has 3 heteroatoms. The van der Waals surface area contributed by atoms with Gasteiger partial charge < -0.3 is 9.30 Å². The molecule has 7 rings (SSSR count). The van der Waals surface area contributed by atoms with Gasteiger partial charge in [-0.3, -0.25) is 0 Å². The zero-order chi connectivity index (χ0) is 18.4. The van der Waals surface area contributed by atoms with Crippen LogP contribution in [0.1, 0.15) is 5.56 Å². The molecule has 0 bridgehead atoms. The lowest BCUT2D eigenvalue weighted by atomic mass is 9.34. The summed E-state index contributed by atoms with van der Waals surface area (Å²) in [4.78, 5) is 0. The molecule has 28 heavy (non-hydrogen) atoms. The van der Waals surface area contributed by atoms with Crippen molar-refractivity contribution in [2.24, 2.45) is 0 Å². The SMILES string of the molecule is Cc1ccc2c(c1)Oc1cccc3c1B2c1cccc2c4ccccc4n-3c12. The summed E-state index contributed by atoms with van der Waals surface area (Å²) in [6.45, 7) is 2.32. The first-order chi connectivity index (χ1) is 13.8. The molecule has 0 aliphatic carbocycles. The highest BCUT2D eigenvalue weighted by Gasteiger charge is 2.39. The number of hydrogen-bond donors (Lipinski definition) is 0. The number of nitrogens with zero attached hydrogens (tertiary/aromatic N) is 1. The topological polar surface area (TPSA) is 14.2 Å². The van der Waals surface area contributed by atoms with Crippen LogP contribution in [0.4, 0.5) is 0 Å². The minimum absolute atomic E-state index is 0.205. The molecule has 0 N–H and O–H groups in total. The van der Waals surface area contributed by atoms with Gasteiger partial charge in [-0.25, -0.2) is 0 Å². The summed E-state index contributed by atoms with van der Waals surface area (Å²) in [6, 6.07) is 28.5. The molecule has 2 aliphatic rings. The fraction of sp³-hybridized carbons (Fsp3) is 0.0400. The van der Waals surface area contributed by atoms with Crippen LogP contribution in [-0.2, 0) is 0 Å². The number of aromatic nitrogens is 1. The molecule has 0 saturated heterocycles. The number of hydrogen-bond acceptors (Lipinski definition) is 1. The van der Waals surface area contributed by atoms with Gasteiger partial charge in [-0.05, 0) is 53.1 Å². The number of rotatable bonds is 0. The summed E-state index contributed by atoms with van der Waals surface area (Å²) in [5.74, 6) is 1.96. The van der Waals surface area contributed by atoms with Crippen molar-refractivity contribution in [1.29, 1.82) is 0 Å². The lowest BCUT2D eigenvalue weighted by Gasteiger charge is -2.33. The minimum Gasteiger partial charge on any atom is -0.458 e. The van der Waals surface area contributed by atoms with Gasteiger partial charge in [0.05, 0.1) is 5.52 Å². The molecule has 2 aliphatic heterocycles. The molecular weight excluding hydrogens is 341 g/mol. The smallest absolute Gasteiger partial charge is 0.256 e. The molecule has 0 fully saturated rings. The molecule has 4 aromatic carbocycles. The quantitative estimate of drug-likeness (QED) is 0.374. The molecule has 0 atom stereocenters. The zero-order valence-electron chi connectivity index (χ0n) is 15.4. The van der Waals surface area contributed by atoms with Crippen molar-refractivity contribution >= 4 is 44.9 Å². The van der Waals surface area contributed by atoms with Gasteiger partial charge in [-0.15, -0.1) is 0 Å². The zero-order valence-corrected chi connectivity index (χ0v) is 15.4. The van der Waals surface area contributed by atoms with E-state index in [0.29, 0.717) is 0 Å². The monoisotopic (exact) mass is 357 g/mol. The van der Waals surface area contributed by atoms with E-state index < -0.39 is 0 Å². The number of para-hydroxylation sites is 2. The molecule has 0 radical (unpaired) electrons. The van der Waals surface area contributed by atoms with Crippen LogP contribution in [0.2, 0.25) is 0 Å². The van der Waals surface area contributed by atoms with Crippen molar-refractivity contribution in [3.8, 4) is 17.2 Å². The molecule has 0 amide bonds. The Morgan fingerprint density at radius 1 is 0.750 bits per heavy atom. The molecule has 2 nitrogen and oxygen atoms in total. The summed E-state index contributed by atoms with van der Waals surface area (Å²) >= 11 is 0. The molecule has 3 heterocycles. The fourth-order valence-corrected chi connectivity index (χ4v) is 5.20. The molecule has 0 unspecified atom stereocenters. The lowest BCUT2D eigenvalue weighted by Crippen LogP contribution is -2.58. The van der Waals surface area contributed by atoms with E-state index in [1.165, 1.54) is 49.4 Å². The summed E-state index contributed by atoms with van der Waals surface area (Å²) in [5, 5.41) is 2.63. The Morgan fingerprint density at radius 3 is 2.57 bits per heavy atom. The third kappa shape index (κ3) is 1.61. The van der Waals surface area contributed by atoms with Crippen molar-refractivity contribution in [2.45, 2.75) is 6.92 Å². The molecule has 0 saturated carbocycles. The van der Waals surface area contributed by atoms with Gasteiger partial charge in [0, 0.05) is 22.0 Å². The van der Waals surface area contributed by atoms with E-state index >= 15 is 0 Å². The molecule has 0 spiro atoms. The maximum atomic E-state index is 6.39. The predicted molar refractivity (Wildman–Crippen MR) is 117 cm³/mol. The van der Waals surface area contributed by atoms with Crippen LogP contribution in [0.25, 0.3) is 27.5 Å². The molecule has 5 aromatic rings. The summed E-state index contributed by atoms with van der Waals surface area (Å²) in [6.07, 6.45) is 0. The maximum Gasteiger partial charge on any atom is 0.256 e. The molecule has 130 valence electrons. The van der Waals surface area contributed by atoms with E-state index in [0.717, 1.165) is 11.5 Å². The number of ether oxygens (including phenoxy) is 1. The van der Waals surface area contributed by atoms with E-state index in [1.54, 1.807) is 0 Å². The van der Waals surface area contributed by atoms with Gasteiger partial charge in [-0.1, -0.05) is 54.6 Å². The van der Waals surface area contributed by atoms with Gasteiger partial charge in [0.2, 0.25) is 0 Å². The van der Waals surface area contributed by atoms with Crippen LogP contribution in [0.5, 0.6) is 11.5 Å². The Morgan fingerprint density at radius 2 is 1.61 bits per heavy atom. The van der Waals surface area contributed by atoms with E-state index in [-0.39, 0.29) is 6.71 Å². The highest BCUT2D eigenvalue weighted by Crippen LogP contribution is 2.36. The summed E-state index contributed by atoms with van der Waals surface area (Å²) in [5.41, 5.74) is 8.94. The Hall–Kier alpha value is -3.46. The lowest BCUT2D eigenvalue weighted by molar-refractivity contribution is 0.487. The first kappa shape index (κ1) is 14.6. The van der Waals surface area contributed by atoms with Gasteiger partial charge in [0.1, 0.15) is 11.5 Å². The van der Waals surface area contributed by atoms with Gasteiger partial charge in [0.15, 0.2) is 0 Å². The number of aryl methyl sites for hydroxylation is 1. The second-order valence-electron chi connectivity index (χ2n) is 7.86. The van der Waals surface area contributed by atoms with Crippen LogP contribution < -0.4 is 21.1 Å². The average molecular weight is 357 g/mol. The highest BCUT2D eigenvalue weighted by molar-refractivity contribution is 6.99. The van der Waals surface area contributed by atoms with Crippen LogP contribution in [0, 0.1) is 6.92 Å². The Labute approximate surface area is 163 Å². The van der Waals surface area contributed by atoms with Crippen LogP contribution in [0.15, 0.2) is 78.9 Å². The van der Waals surface area contributed by atoms with E-state index in [4.69, 9.17) is 4.74 Å². The van der Waals surface area contributed by atoms with Gasteiger partial charge in [-0.2, -0.15) is 0 Å². The van der Waals surface area contributed by atoms with Crippen LogP contribution in [-0.4, -0.2) is 11.3 Å². The van der Waals surface area contributed by atoms with Crippen LogP contribution in [0.3, 0.4) is 0 Å². The van der Waals surface area contributed by atoms with Gasteiger partial charge >= 0.3 is 0 Å². The maximum absolute atomic E-state index is 6.39. The van der Waals surface area contributed by atoms with E-state index in [9.17, 15) is 0 Å². The second-order valence-corrected chi connectivity index (χ2v) is 7.86. The summed E-state index contributed by atoms with van der Waals surface area (Å²) < 4.78 is 8.82. The average Bonchev–Trinajstić information content (AvgIpc) is 3.06. The Bertz CT molecular complexity index is 1460. The summed E-state index contributed by atoms with van der Waals surface area (Å²) in [7, 11) is 0.